The molecule has 26 heavy (non-hydrogen) atoms. The Morgan fingerprint density at radius 2 is 1.73 bits per heavy atom. The van der Waals surface area contributed by atoms with E-state index in [9.17, 15) is 5.26 Å². The molecule has 0 bridgehead atoms. The number of ether oxygens (including phenoxy) is 1. The average Bonchev–Trinajstić information content (AvgIpc) is 2.63. The lowest BCUT2D eigenvalue weighted by Gasteiger charge is -2.17. The first-order chi connectivity index (χ1) is 12.5. The van der Waals surface area contributed by atoms with Crippen LogP contribution in [0.3, 0.4) is 0 Å². The highest BCUT2D eigenvalue weighted by Gasteiger charge is 2.21. The van der Waals surface area contributed by atoms with Crippen LogP contribution in [-0.4, -0.2) is 12.1 Å². The molecular weight excluding hydrogens is 458 g/mol. The molecule has 2 N–H and O–H groups in total. The largest absolute Gasteiger partial charge is 0.496 e. The van der Waals surface area contributed by atoms with Gasteiger partial charge in [-0.15, -0.1) is 0 Å². The maximum atomic E-state index is 9.69. The normalized spacial score (nSPS) is 10.4. The number of methoxy groups -OCH3 is 1. The standard InChI is InChI=1S/C20H15Br2N3O/c1-11-18(15-9-14(22)7-8-17(15)26-2)16(10-23)20(24)25-19(11)12-3-5-13(21)6-4-12/h3-9H,1-2H3,(H2,24,25). The molecule has 0 fully saturated rings. The summed E-state index contributed by atoms with van der Waals surface area (Å²) in [6.07, 6.45) is 0. The molecule has 130 valence electrons. The number of pyridine rings is 1. The molecule has 3 aromatic rings. The minimum atomic E-state index is 0.202. The van der Waals surface area contributed by atoms with E-state index < -0.39 is 0 Å². The summed E-state index contributed by atoms with van der Waals surface area (Å²) in [4.78, 5) is 4.49. The molecule has 0 unspecified atom stereocenters. The van der Waals surface area contributed by atoms with Gasteiger partial charge in [0.25, 0.3) is 0 Å². The Labute approximate surface area is 168 Å². The van der Waals surface area contributed by atoms with E-state index in [2.05, 4.69) is 42.9 Å². The van der Waals surface area contributed by atoms with Crippen LogP contribution in [0, 0.1) is 18.3 Å². The monoisotopic (exact) mass is 471 g/mol. The Kier molecular flexibility index (Phi) is 5.30. The zero-order chi connectivity index (χ0) is 18.8. The molecular formula is C20H15Br2N3O. The van der Waals surface area contributed by atoms with Crippen LogP contribution in [-0.2, 0) is 0 Å². The predicted octanol–water partition coefficient (Wildman–Crippen LogP) is 5.71. The van der Waals surface area contributed by atoms with Gasteiger partial charge in [-0.25, -0.2) is 4.98 Å². The van der Waals surface area contributed by atoms with E-state index in [-0.39, 0.29) is 5.82 Å². The van der Waals surface area contributed by atoms with Crippen molar-refractivity contribution in [2.24, 2.45) is 0 Å². The van der Waals surface area contributed by atoms with Crippen LogP contribution in [0.4, 0.5) is 5.82 Å². The van der Waals surface area contributed by atoms with Gasteiger partial charge in [0.2, 0.25) is 0 Å². The molecule has 3 rings (SSSR count). The molecule has 0 amide bonds. The van der Waals surface area contributed by atoms with Gasteiger partial charge in [-0.3, -0.25) is 0 Å². The van der Waals surface area contributed by atoms with E-state index in [1.807, 2.05) is 49.4 Å². The number of hydrogen-bond acceptors (Lipinski definition) is 4. The van der Waals surface area contributed by atoms with Crippen molar-refractivity contribution < 1.29 is 4.74 Å². The molecule has 0 aliphatic rings. The molecule has 6 heteroatoms. The Hall–Kier alpha value is -2.36. The second-order valence-electron chi connectivity index (χ2n) is 5.68. The third-order valence-electron chi connectivity index (χ3n) is 4.13. The lowest BCUT2D eigenvalue weighted by molar-refractivity contribution is 0.416. The highest BCUT2D eigenvalue weighted by Crippen LogP contribution is 2.41. The van der Waals surface area contributed by atoms with E-state index in [1.165, 1.54) is 0 Å². The average molecular weight is 473 g/mol. The summed E-state index contributed by atoms with van der Waals surface area (Å²) in [5.74, 6) is 0.869. The van der Waals surface area contributed by atoms with Crippen LogP contribution in [0.5, 0.6) is 5.75 Å². The zero-order valence-electron chi connectivity index (χ0n) is 14.2. The Bertz CT molecular complexity index is 1020. The fourth-order valence-electron chi connectivity index (χ4n) is 2.91. The number of nitrogens with zero attached hydrogens (tertiary/aromatic N) is 2. The molecule has 4 nitrogen and oxygen atoms in total. The molecule has 0 atom stereocenters. The first-order valence-electron chi connectivity index (χ1n) is 7.76. The van der Waals surface area contributed by atoms with Crippen LogP contribution in [0.1, 0.15) is 11.1 Å². The number of benzene rings is 2. The van der Waals surface area contributed by atoms with Crippen molar-refractivity contribution in [2.45, 2.75) is 6.92 Å². The van der Waals surface area contributed by atoms with Crippen molar-refractivity contribution in [3.63, 3.8) is 0 Å². The van der Waals surface area contributed by atoms with Crippen molar-refractivity contribution in [3.8, 4) is 34.2 Å². The molecule has 2 aromatic carbocycles. The fourth-order valence-corrected chi connectivity index (χ4v) is 3.53. The van der Waals surface area contributed by atoms with Crippen LogP contribution >= 0.6 is 31.9 Å². The summed E-state index contributed by atoms with van der Waals surface area (Å²) >= 11 is 6.94. The van der Waals surface area contributed by atoms with Gasteiger partial charge in [-0.05, 0) is 42.8 Å². The van der Waals surface area contributed by atoms with Crippen molar-refractivity contribution in [1.82, 2.24) is 4.98 Å². The molecule has 0 aliphatic heterocycles. The van der Waals surface area contributed by atoms with Crippen molar-refractivity contribution in [3.05, 3.63) is 62.5 Å². The third-order valence-corrected chi connectivity index (χ3v) is 5.15. The molecule has 0 saturated heterocycles. The van der Waals surface area contributed by atoms with E-state index in [0.717, 1.165) is 36.9 Å². The van der Waals surface area contributed by atoms with Gasteiger partial charge >= 0.3 is 0 Å². The minimum absolute atomic E-state index is 0.202. The zero-order valence-corrected chi connectivity index (χ0v) is 17.3. The summed E-state index contributed by atoms with van der Waals surface area (Å²) in [6.45, 7) is 1.94. The number of nitrogens with two attached hydrogens (primary N) is 1. The van der Waals surface area contributed by atoms with Gasteiger partial charge in [0, 0.05) is 25.6 Å². The first-order valence-corrected chi connectivity index (χ1v) is 9.35. The Morgan fingerprint density at radius 3 is 2.35 bits per heavy atom. The number of anilines is 1. The second kappa shape index (κ2) is 7.48. The maximum absolute atomic E-state index is 9.69. The number of nitrogen functional groups attached to an aromatic ring is 1. The van der Waals surface area contributed by atoms with E-state index in [0.29, 0.717) is 11.3 Å². The summed E-state index contributed by atoms with van der Waals surface area (Å²) < 4.78 is 7.38. The number of aromatic nitrogens is 1. The predicted molar refractivity (Wildman–Crippen MR) is 111 cm³/mol. The second-order valence-corrected chi connectivity index (χ2v) is 7.52. The molecule has 1 aromatic heterocycles. The molecule has 0 radical (unpaired) electrons. The molecule has 0 saturated carbocycles. The number of hydrogen-bond donors (Lipinski definition) is 1. The highest BCUT2D eigenvalue weighted by molar-refractivity contribution is 9.10. The number of nitriles is 1. The lowest BCUT2D eigenvalue weighted by atomic mass is 9.92. The highest BCUT2D eigenvalue weighted by atomic mass is 79.9. The maximum Gasteiger partial charge on any atom is 0.142 e. The van der Waals surface area contributed by atoms with Crippen molar-refractivity contribution >= 4 is 37.7 Å². The molecule has 0 spiro atoms. The number of rotatable bonds is 3. The lowest BCUT2D eigenvalue weighted by Crippen LogP contribution is -2.04. The van der Waals surface area contributed by atoms with Gasteiger partial charge in [0.1, 0.15) is 23.2 Å². The van der Waals surface area contributed by atoms with Crippen LogP contribution in [0.15, 0.2) is 51.4 Å². The van der Waals surface area contributed by atoms with Crippen molar-refractivity contribution in [1.29, 1.82) is 5.26 Å². The van der Waals surface area contributed by atoms with Gasteiger partial charge in [-0.2, -0.15) is 5.26 Å². The summed E-state index contributed by atoms with van der Waals surface area (Å²) in [7, 11) is 1.61. The summed E-state index contributed by atoms with van der Waals surface area (Å²) in [6, 6.07) is 15.7. The van der Waals surface area contributed by atoms with Crippen LogP contribution in [0.2, 0.25) is 0 Å². The quantitative estimate of drug-likeness (QED) is 0.529. The fraction of sp³-hybridized carbons (Fsp3) is 0.100. The van der Waals surface area contributed by atoms with E-state index >= 15 is 0 Å². The first kappa shape index (κ1) is 18.4. The van der Waals surface area contributed by atoms with Crippen LogP contribution < -0.4 is 10.5 Å². The van der Waals surface area contributed by atoms with E-state index in [4.69, 9.17) is 10.5 Å². The van der Waals surface area contributed by atoms with Gasteiger partial charge in [0.15, 0.2) is 0 Å². The molecule has 0 aliphatic carbocycles. The summed E-state index contributed by atoms with van der Waals surface area (Å²) in [5, 5.41) is 9.69. The molecule has 1 heterocycles. The third kappa shape index (κ3) is 3.33. The Balaban J connectivity index is 2.37. The topological polar surface area (TPSA) is 71.9 Å². The number of halogens is 2. The Morgan fingerprint density at radius 1 is 1.08 bits per heavy atom. The SMILES string of the molecule is COc1ccc(Br)cc1-c1c(C)c(-c2ccc(Br)cc2)nc(N)c1C#N. The smallest absolute Gasteiger partial charge is 0.142 e. The van der Waals surface area contributed by atoms with Gasteiger partial charge in [0.05, 0.1) is 12.8 Å². The van der Waals surface area contributed by atoms with E-state index in [1.54, 1.807) is 7.11 Å². The minimum Gasteiger partial charge on any atom is -0.496 e. The van der Waals surface area contributed by atoms with Gasteiger partial charge < -0.3 is 10.5 Å². The van der Waals surface area contributed by atoms with Gasteiger partial charge in [-0.1, -0.05) is 44.0 Å². The summed E-state index contributed by atoms with van der Waals surface area (Å²) in [5.41, 5.74) is 10.6. The van der Waals surface area contributed by atoms with Crippen molar-refractivity contribution in [2.75, 3.05) is 12.8 Å². The van der Waals surface area contributed by atoms with Crippen LogP contribution in [0.25, 0.3) is 22.4 Å².